The molecule has 0 bridgehead atoms. The molecule has 0 saturated carbocycles. The molecule has 0 radical (unpaired) electrons. The van der Waals surface area contributed by atoms with Gasteiger partial charge in [-0.2, -0.15) is 18.4 Å². The summed E-state index contributed by atoms with van der Waals surface area (Å²) < 4.78 is 58.6. The Morgan fingerprint density at radius 3 is 2.14 bits per heavy atom. The van der Waals surface area contributed by atoms with Crippen molar-refractivity contribution in [2.24, 2.45) is 5.41 Å². The fourth-order valence-corrected chi connectivity index (χ4v) is 10.3. The van der Waals surface area contributed by atoms with E-state index in [0.29, 0.717) is 37.7 Å². The number of carbonyl (C=O) groups excluding carboxylic acids is 4. The summed E-state index contributed by atoms with van der Waals surface area (Å²) in [5.74, 6) is -1.12. The number of aryl methyl sites for hydroxylation is 1. The van der Waals surface area contributed by atoms with Crippen molar-refractivity contribution in [3.8, 4) is 33.4 Å². The van der Waals surface area contributed by atoms with Gasteiger partial charge >= 0.3 is 6.18 Å². The topological polar surface area (TPSA) is 187 Å². The van der Waals surface area contributed by atoms with E-state index >= 15 is 0 Å². The van der Waals surface area contributed by atoms with Gasteiger partial charge in [0.05, 0.1) is 51.7 Å². The van der Waals surface area contributed by atoms with Crippen LogP contribution in [-0.4, -0.2) is 107 Å². The number of halogens is 3. The Labute approximate surface area is 449 Å². The molecule has 20 heteroatoms. The molecule has 2 saturated heterocycles. The molecule has 4 amide bonds. The summed E-state index contributed by atoms with van der Waals surface area (Å²) in [4.78, 5) is 63.5. The van der Waals surface area contributed by atoms with Crippen LogP contribution in [0.15, 0.2) is 96.5 Å². The van der Waals surface area contributed by atoms with Gasteiger partial charge in [-0.15, -0.1) is 11.3 Å². The first-order valence-corrected chi connectivity index (χ1v) is 26.2. The van der Waals surface area contributed by atoms with Crippen LogP contribution in [0.5, 0.6) is 5.75 Å². The number of benzene rings is 4. The number of carbonyl (C=O) groups is 4. The predicted octanol–water partition coefficient (Wildman–Crippen LogP) is 8.98. The number of nitrogens with one attached hydrogen (secondary N) is 2. The number of unbranched alkanes of at least 4 members (excludes halogenated alkanes) is 1. The molecule has 3 N–H and O–H groups in total. The summed E-state index contributed by atoms with van der Waals surface area (Å²) in [5, 5.41) is 25.5. The first-order valence-electron chi connectivity index (χ1n) is 24.9. The highest BCUT2D eigenvalue weighted by molar-refractivity contribution is 7.81. The van der Waals surface area contributed by atoms with Gasteiger partial charge in [-0.05, 0) is 122 Å². The normalized spacial score (nSPS) is 16.9. The van der Waals surface area contributed by atoms with Gasteiger partial charge in [0.15, 0.2) is 5.11 Å². The number of thiazole rings is 1. The molecule has 15 nitrogen and oxygen atoms in total. The van der Waals surface area contributed by atoms with Gasteiger partial charge in [0.1, 0.15) is 30.0 Å². The lowest BCUT2D eigenvalue weighted by Gasteiger charge is -2.35. The van der Waals surface area contributed by atoms with Gasteiger partial charge in [0.2, 0.25) is 17.7 Å². The number of aliphatic hydroxyl groups is 1. The van der Waals surface area contributed by atoms with E-state index < -0.39 is 64.2 Å². The van der Waals surface area contributed by atoms with Gasteiger partial charge in [0.25, 0.3) is 5.91 Å². The first kappa shape index (κ1) is 57.0. The van der Waals surface area contributed by atoms with Crippen molar-refractivity contribution in [2.75, 3.05) is 49.4 Å². The average Bonchev–Trinajstić information content (AvgIpc) is 4.05. The Bertz CT molecular complexity index is 2920. The highest BCUT2D eigenvalue weighted by atomic mass is 32.1. The van der Waals surface area contributed by atoms with Crippen molar-refractivity contribution < 1.29 is 51.7 Å². The number of aromatic nitrogens is 1. The Kier molecular flexibility index (Phi) is 18.4. The molecule has 5 aromatic rings. The summed E-state index contributed by atoms with van der Waals surface area (Å²) >= 11 is 7.24. The van der Waals surface area contributed by atoms with Crippen LogP contribution in [0, 0.1) is 23.7 Å². The number of hydrogen-bond donors (Lipinski definition) is 3. The van der Waals surface area contributed by atoms with Gasteiger partial charge < -0.3 is 39.8 Å². The average molecular weight is 1080 g/mol. The second-order valence-electron chi connectivity index (χ2n) is 20.2. The van der Waals surface area contributed by atoms with Gasteiger partial charge in [0, 0.05) is 45.0 Å². The minimum Gasteiger partial charge on any atom is -0.494 e. The van der Waals surface area contributed by atoms with Crippen LogP contribution in [-0.2, 0) is 41.4 Å². The number of amides is 4. The molecule has 402 valence electrons. The number of rotatable bonds is 21. The lowest BCUT2D eigenvalue weighted by atomic mass is 9.85. The number of nitriles is 1. The van der Waals surface area contributed by atoms with Crippen molar-refractivity contribution in [3.05, 3.63) is 119 Å². The maximum atomic E-state index is 14.0. The molecule has 4 aromatic carbocycles. The summed E-state index contributed by atoms with van der Waals surface area (Å²) in [7, 11) is 0. The summed E-state index contributed by atoms with van der Waals surface area (Å²) in [6, 6.07) is 25.5. The van der Waals surface area contributed by atoms with E-state index in [-0.39, 0.29) is 49.4 Å². The molecule has 3 atom stereocenters. The smallest absolute Gasteiger partial charge is 0.417 e. The number of β-amino-alcohol motifs (C(OH)–C–C–N with tert-alkyl or cyclic N) is 1. The van der Waals surface area contributed by atoms with Crippen molar-refractivity contribution in [2.45, 2.75) is 104 Å². The Morgan fingerprint density at radius 2 is 1.51 bits per heavy atom. The van der Waals surface area contributed by atoms with E-state index in [1.54, 1.807) is 53.8 Å². The lowest BCUT2D eigenvalue weighted by molar-refractivity contribution is -0.144. The number of nitrogens with zero attached hydrogens (tertiary/aromatic N) is 5. The summed E-state index contributed by atoms with van der Waals surface area (Å²) in [6.45, 7) is 12.4. The molecule has 2 aliphatic heterocycles. The summed E-state index contributed by atoms with van der Waals surface area (Å²) in [6.07, 6.45) is -3.53. The highest BCUT2D eigenvalue weighted by Gasteiger charge is 2.51. The predicted molar refractivity (Wildman–Crippen MR) is 287 cm³/mol. The Hall–Kier alpha value is -6.76. The van der Waals surface area contributed by atoms with Crippen LogP contribution in [0.1, 0.15) is 82.7 Å². The zero-order valence-electron chi connectivity index (χ0n) is 43.2. The molecule has 2 aliphatic rings. The van der Waals surface area contributed by atoms with E-state index in [2.05, 4.69) is 15.6 Å². The molecule has 3 unspecified atom stereocenters. The molecule has 1 aromatic heterocycles. The number of likely N-dealkylation sites (tertiary alicyclic amines) is 1. The minimum absolute atomic E-state index is 0.0131. The number of alkyl halides is 3. The van der Waals surface area contributed by atoms with E-state index in [1.165, 1.54) is 11.0 Å². The lowest BCUT2D eigenvalue weighted by Crippen LogP contribution is -2.58. The third-order valence-corrected chi connectivity index (χ3v) is 14.5. The first-order chi connectivity index (χ1) is 36.1. The molecule has 0 spiro atoms. The number of ether oxygens (including phenoxy) is 3. The Balaban J connectivity index is 0.777. The Morgan fingerprint density at radius 1 is 0.895 bits per heavy atom. The molecule has 7 rings (SSSR count). The van der Waals surface area contributed by atoms with E-state index in [0.717, 1.165) is 62.7 Å². The second kappa shape index (κ2) is 24.5. The van der Waals surface area contributed by atoms with E-state index in [9.17, 15) is 42.7 Å². The number of thiocarbonyl (C=S) groups is 1. The molecule has 2 fully saturated rings. The molecule has 3 heterocycles. The fraction of sp³-hybridized carbons (Fsp3) is 0.411. The van der Waals surface area contributed by atoms with Gasteiger partial charge in [-0.25, -0.2) is 4.98 Å². The molecular formula is C56H62F3N7O8S2. The monoisotopic (exact) mass is 1080 g/mol. The number of anilines is 2. The zero-order chi connectivity index (χ0) is 55.0. The molecule has 76 heavy (non-hydrogen) atoms. The van der Waals surface area contributed by atoms with Crippen LogP contribution < -0.4 is 25.2 Å². The summed E-state index contributed by atoms with van der Waals surface area (Å²) in [5.41, 5.74) is 3.35. The maximum Gasteiger partial charge on any atom is 0.417 e. The largest absolute Gasteiger partial charge is 0.494 e. The molecular weight excluding hydrogens is 1020 g/mol. The zero-order valence-corrected chi connectivity index (χ0v) is 44.9. The van der Waals surface area contributed by atoms with Crippen molar-refractivity contribution in [1.82, 2.24) is 20.5 Å². The van der Waals surface area contributed by atoms with Gasteiger partial charge in [-0.3, -0.25) is 24.1 Å². The third-order valence-electron chi connectivity index (χ3n) is 13.1. The van der Waals surface area contributed by atoms with Crippen molar-refractivity contribution in [1.29, 1.82) is 5.26 Å². The number of aliphatic hydroxyl groups excluding tert-OH is 1. The quantitative estimate of drug-likeness (QED) is 0.0469. The van der Waals surface area contributed by atoms with Gasteiger partial charge in [-0.1, -0.05) is 69.3 Å². The van der Waals surface area contributed by atoms with Crippen LogP contribution in [0.25, 0.3) is 21.6 Å². The second-order valence-corrected chi connectivity index (χ2v) is 21.5. The van der Waals surface area contributed by atoms with Crippen molar-refractivity contribution in [3.63, 3.8) is 0 Å². The van der Waals surface area contributed by atoms with Crippen LogP contribution in [0.2, 0.25) is 0 Å². The number of hydrogen-bond acceptors (Lipinski definition) is 12. The fourth-order valence-electron chi connectivity index (χ4n) is 9.02. The van der Waals surface area contributed by atoms with Crippen molar-refractivity contribution >= 4 is 63.7 Å². The highest BCUT2D eigenvalue weighted by Crippen LogP contribution is 2.40. The van der Waals surface area contributed by atoms with Crippen LogP contribution in [0.3, 0.4) is 0 Å². The van der Waals surface area contributed by atoms with E-state index in [1.807, 2.05) is 88.4 Å². The maximum absolute atomic E-state index is 14.0. The van der Waals surface area contributed by atoms with Crippen LogP contribution >= 0.6 is 23.6 Å². The van der Waals surface area contributed by atoms with Crippen LogP contribution in [0.4, 0.5) is 24.5 Å². The minimum atomic E-state index is -4.80. The SMILES string of the molecule is Cc1ncsc1-c1ccc(CNC(=O)C2CC(O)CN2C(=O)C(NC(=O)COCCCOCCCCOc2ccc(-c3ccc(N4C(=S)N(c5ccc(C#N)c(C(F)(F)F)c5)C(=O)C4(C)C)cc3)cc2)C(C)(C)C)cc1. The third kappa shape index (κ3) is 13.6. The van der Waals surface area contributed by atoms with E-state index in [4.69, 9.17) is 26.4 Å². The molecule has 0 aliphatic carbocycles. The standard InChI is InChI=1S/C56H62F3N7O8S2/c1-35-48(76-34-62-35)39-12-10-36(11-13-39)31-61-50(69)46-29-43(67)32-64(46)51(70)49(54(2,3)4)63-47(68)33-73-26-9-25-72-24-7-8-27-74-44-22-17-38(18-23-44)37-14-19-41(20-15-37)66-53(75)65(52(71)55(66,5)6)42-21-16-40(30-60)45(28-42)56(57,58)59/h10-23,28,34,43,46,49,67H,7-9,24-27,29,31-33H2,1-6H3,(H,61,69)(H,63,68).